The summed E-state index contributed by atoms with van der Waals surface area (Å²) in [5.74, 6) is 1.68. The van der Waals surface area contributed by atoms with Crippen molar-refractivity contribution in [3.63, 3.8) is 0 Å². The van der Waals surface area contributed by atoms with Crippen molar-refractivity contribution in [2.24, 2.45) is 11.8 Å². The topological polar surface area (TPSA) is 65.4 Å². The molecule has 0 spiro atoms. The fourth-order valence-electron chi connectivity index (χ4n) is 3.56. The van der Waals surface area contributed by atoms with Crippen LogP contribution < -0.4 is 10.1 Å². The third-order valence-corrected chi connectivity index (χ3v) is 5.94. The van der Waals surface area contributed by atoms with E-state index >= 15 is 0 Å². The van der Waals surface area contributed by atoms with Crippen molar-refractivity contribution in [3.8, 4) is 11.8 Å². The predicted molar refractivity (Wildman–Crippen MR) is 112 cm³/mol. The summed E-state index contributed by atoms with van der Waals surface area (Å²) in [4.78, 5) is 14.6. The molecule has 0 aromatic heterocycles. The summed E-state index contributed by atoms with van der Waals surface area (Å²) in [6.07, 6.45) is 4.54. The minimum Gasteiger partial charge on any atom is -0.494 e. The third kappa shape index (κ3) is 6.53. The Bertz CT molecular complexity index is 657. The molecule has 154 valence electrons. The lowest BCUT2D eigenvalue weighted by Gasteiger charge is -2.33. The number of rotatable bonds is 9. The molecule has 1 aliphatic rings. The molecule has 1 heterocycles. The molecule has 0 radical (unpaired) electrons. The highest BCUT2D eigenvalue weighted by molar-refractivity contribution is 5.79. The van der Waals surface area contributed by atoms with Crippen LogP contribution in [0.2, 0.25) is 0 Å². The third-order valence-electron chi connectivity index (χ3n) is 5.94. The average molecular weight is 386 g/mol. The minimum absolute atomic E-state index is 0.0504. The van der Waals surface area contributed by atoms with Crippen LogP contribution in [0.3, 0.4) is 0 Å². The van der Waals surface area contributed by atoms with Gasteiger partial charge in [0.1, 0.15) is 11.3 Å². The van der Waals surface area contributed by atoms with Crippen LogP contribution in [0, 0.1) is 23.2 Å². The second kappa shape index (κ2) is 10.5. The number of nitriles is 1. The number of nitrogens with one attached hydrogen (secondary N) is 1. The average Bonchev–Trinajstić information content (AvgIpc) is 2.68. The maximum Gasteiger partial charge on any atom is 0.235 e. The molecule has 0 bridgehead atoms. The molecule has 2 rings (SSSR count). The number of carbonyl (C=O) groups is 1. The SMILES string of the molecule is CCOc1ccc(CCC2CCN(CC(=O)NC(C)(C#N)C(C)C)CC2)cc1. The highest BCUT2D eigenvalue weighted by Crippen LogP contribution is 2.23. The van der Waals surface area contributed by atoms with Crippen LogP contribution >= 0.6 is 0 Å². The Kier molecular flexibility index (Phi) is 8.32. The van der Waals surface area contributed by atoms with Crippen LogP contribution in [-0.4, -0.2) is 42.6 Å². The van der Waals surface area contributed by atoms with Gasteiger partial charge in [-0.3, -0.25) is 9.69 Å². The van der Waals surface area contributed by atoms with Crippen molar-refractivity contribution in [2.75, 3.05) is 26.2 Å². The summed E-state index contributed by atoms with van der Waals surface area (Å²) >= 11 is 0. The van der Waals surface area contributed by atoms with E-state index in [1.165, 1.54) is 12.0 Å². The minimum atomic E-state index is -0.798. The fourth-order valence-corrected chi connectivity index (χ4v) is 3.56. The zero-order valence-electron chi connectivity index (χ0n) is 17.8. The van der Waals surface area contributed by atoms with E-state index in [4.69, 9.17) is 4.74 Å². The number of aryl methyl sites for hydroxylation is 1. The first-order valence-corrected chi connectivity index (χ1v) is 10.5. The lowest BCUT2D eigenvalue weighted by atomic mass is 9.89. The highest BCUT2D eigenvalue weighted by atomic mass is 16.5. The summed E-state index contributed by atoms with van der Waals surface area (Å²) in [5.41, 5.74) is 0.558. The summed E-state index contributed by atoms with van der Waals surface area (Å²) < 4.78 is 5.49. The van der Waals surface area contributed by atoms with Crippen molar-refractivity contribution in [2.45, 2.75) is 58.9 Å². The van der Waals surface area contributed by atoms with Crippen LogP contribution in [0.4, 0.5) is 0 Å². The van der Waals surface area contributed by atoms with Gasteiger partial charge in [0.2, 0.25) is 5.91 Å². The number of piperidine rings is 1. The van der Waals surface area contributed by atoms with Gasteiger partial charge < -0.3 is 10.1 Å². The summed E-state index contributed by atoms with van der Waals surface area (Å²) in [6, 6.07) is 10.6. The van der Waals surface area contributed by atoms with Gasteiger partial charge >= 0.3 is 0 Å². The zero-order chi connectivity index (χ0) is 20.6. The van der Waals surface area contributed by atoms with Crippen molar-refractivity contribution in [3.05, 3.63) is 29.8 Å². The number of benzene rings is 1. The Morgan fingerprint density at radius 3 is 2.50 bits per heavy atom. The first kappa shape index (κ1) is 22.2. The van der Waals surface area contributed by atoms with Crippen molar-refractivity contribution >= 4 is 5.91 Å². The van der Waals surface area contributed by atoms with Gasteiger partial charge in [-0.2, -0.15) is 5.26 Å². The summed E-state index contributed by atoms with van der Waals surface area (Å²) in [5, 5.41) is 12.3. The van der Waals surface area contributed by atoms with Crippen molar-refractivity contribution in [1.29, 1.82) is 5.26 Å². The van der Waals surface area contributed by atoms with Gasteiger partial charge in [-0.1, -0.05) is 26.0 Å². The number of carbonyl (C=O) groups excluding carboxylic acids is 1. The number of amides is 1. The largest absolute Gasteiger partial charge is 0.494 e. The Hall–Kier alpha value is -2.06. The van der Waals surface area contributed by atoms with Gasteiger partial charge in [0.05, 0.1) is 19.2 Å². The molecule has 1 amide bonds. The Balaban J connectivity index is 1.71. The van der Waals surface area contributed by atoms with Gasteiger partial charge in [0.25, 0.3) is 0 Å². The molecular formula is C23H35N3O2. The lowest BCUT2D eigenvalue weighted by molar-refractivity contribution is -0.124. The van der Waals surface area contributed by atoms with Crippen molar-refractivity contribution < 1.29 is 9.53 Å². The normalized spacial score (nSPS) is 17.7. The molecule has 1 fully saturated rings. The molecule has 1 unspecified atom stereocenters. The van der Waals surface area contributed by atoms with E-state index in [0.717, 1.165) is 38.1 Å². The van der Waals surface area contributed by atoms with Gasteiger partial charge in [-0.05, 0) is 82.2 Å². The number of likely N-dealkylation sites (tertiary alicyclic amines) is 1. The molecule has 5 nitrogen and oxygen atoms in total. The van der Waals surface area contributed by atoms with Crippen LogP contribution in [0.15, 0.2) is 24.3 Å². The molecule has 1 aromatic carbocycles. The fraction of sp³-hybridized carbons (Fsp3) is 0.652. The van der Waals surface area contributed by atoms with Crippen LogP contribution in [-0.2, 0) is 11.2 Å². The number of hydrogen-bond acceptors (Lipinski definition) is 4. The van der Waals surface area contributed by atoms with E-state index in [9.17, 15) is 10.1 Å². The van der Waals surface area contributed by atoms with Gasteiger partial charge in [0, 0.05) is 0 Å². The van der Waals surface area contributed by atoms with E-state index in [-0.39, 0.29) is 11.8 Å². The first-order valence-electron chi connectivity index (χ1n) is 10.5. The monoisotopic (exact) mass is 385 g/mol. The van der Waals surface area contributed by atoms with Gasteiger partial charge in [-0.15, -0.1) is 0 Å². The molecule has 28 heavy (non-hydrogen) atoms. The van der Waals surface area contributed by atoms with Crippen molar-refractivity contribution in [1.82, 2.24) is 10.2 Å². The maximum absolute atomic E-state index is 12.3. The molecule has 1 saturated heterocycles. The van der Waals surface area contributed by atoms with E-state index in [1.807, 2.05) is 32.9 Å². The molecular weight excluding hydrogens is 350 g/mol. The van der Waals surface area contributed by atoms with Crippen LogP contribution in [0.5, 0.6) is 5.75 Å². The van der Waals surface area contributed by atoms with Gasteiger partial charge in [-0.25, -0.2) is 0 Å². The molecule has 1 atom stereocenters. The molecule has 1 N–H and O–H groups in total. The highest BCUT2D eigenvalue weighted by Gasteiger charge is 2.31. The zero-order valence-corrected chi connectivity index (χ0v) is 17.8. The smallest absolute Gasteiger partial charge is 0.235 e. The Morgan fingerprint density at radius 2 is 1.96 bits per heavy atom. The number of hydrogen-bond donors (Lipinski definition) is 1. The maximum atomic E-state index is 12.3. The van der Waals surface area contributed by atoms with E-state index in [0.29, 0.717) is 19.1 Å². The molecule has 1 aliphatic heterocycles. The number of nitrogens with zero attached hydrogens (tertiary/aromatic N) is 2. The predicted octanol–water partition coefficient (Wildman–Crippen LogP) is 3.78. The second-order valence-electron chi connectivity index (χ2n) is 8.35. The number of ether oxygens (including phenoxy) is 1. The molecule has 0 saturated carbocycles. The van der Waals surface area contributed by atoms with E-state index in [2.05, 4.69) is 28.4 Å². The van der Waals surface area contributed by atoms with Crippen LogP contribution in [0.1, 0.15) is 52.5 Å². The second-order valence-corrected chi connectivity index (χ2v) is 8.35. The quantitative estimate of drug-likeness (QED) is 0.702. The lowest BCUT2D eigenvalue weighted by Crippen LogP contribution is -2.52. The molecule has 0 aliphatic carbocycles. The first-order chi connectivity index (χ1) is 13.4. The summed E-state index contributed by atoms with van der Waals surface area (Å²) in [6.45, 7) is 10.7. The molecule has 1 aromatic rings. The van der Waals surface area contributed by atoms with Crippen LogP contribution in [0.25, 0.3) is 0 Å². The summed E-state index contributed by atoms with van der Waals surface area (Å²) in [7, 11) is 0. The standard InChI is InChI=1S/C23H35N3O2/c1-5-28-21-10-8-19(9-11-21)6-7-20-12-14-26(15-13-20)16-22(27)25-23(4,17-24)18(2)3/h8-11,18,20H,5-7,12-16H2,1-4H3,(H,25,27). The van der Waals surface area contributed by atoms with Gasteiger partial charge in [0.15, 0.2) is 0 Å². The van der Waals surface area contributed by atoms with E-state index in [1.54, 1.807) is 6.92 Å². The Morgan fingerprint density at radius 1 is 1.32 bits per heavy atom. The Labute approximate surface area is 170 Å². The molecule has 5 heteroatoms. The van der Waals surface area contributed by atoms with E-state index < -0.39 is 5.54 Å².